The van der Waals surface area contributed by atoms with E-state index in [9.17, 15) is 29.1 Å². The summed E-state index contributed by atoms with van der Waals surface area (Å²) >= 11 is 0. The summed E-state index contributed by atoms with van der Waals surface area (Å²) in [6.07, 6.45) is -3.85. The van der Waals surface area contributed by atoms with E-state index in [-0.39, 0.29) is 12.8 Å². The standard InChI is InChI=1S/C20H26N2O9/c1-12-2-4-13(5-3-12)10-11-21-16(23)8-7-15(19(28)29)31-20(30)22-14(18(26)27)6-9-17(24)25/h2-5,14-15H,6-11H2,1H3,(H,21,23)(H,22,30)(H,24,25)(H,26,27)(H,28,29)/t14-,15-/m0/s1. The van der Waals surface area contributed by atoms with Gasteiger partial charge in [-0.3, -0.25) is 9.59 Å². The fourth-order valence-electron chi connectivity index (χ4n) is 2.52. The average molecular weight is 438 g/mol. The number of carbonyl (C=O) groups excluding carboxylic acids is 2. The molecule has 31 heavy (non-hydrogen) atoms. The highest BCUT2D eigenvalue weighted by Gasteiger charge is 2.27. The Balaban J connectivity index is 2.44. The smallest absolute Gasteiger partial charge is 0.408 e. The number of ether oxygens (including phenoxy) is 1. The zero-order valence-corrected chi connectivity index (χ0v) is 17.0. The van der Waals surface area contributed by atoms with Crippen molar-refractivity contribution in [1.29, 1.82) is 0 Å². The van der Waals surface area contributed by atoms with Crippen molar-refractivity contribution in [2.45, 2.75) is 51.2 Å². The number of rotatable bonds is 13. The highest BCUT2D eigenvalue weighted by atomic mass is 16.6. The second-order valence-electron chi connectivity index (χ2n) is 6.82. The van der Waals surface area contributed by atoms with E-state index in [1.54, 1.807) is 0 Å². The molecule has 2 atom stereocenters. The monoisotopic (exact) mass is 438 g/mol. The van der Waals surface area contributed by atoms with Gasteiger partial charge in [-0.1, -0.05) is 29.8 Å². The van der Waals surface area contributed by atoms with Gasteiger partial charge in [0, 0.05) is 25.8 Å². The van der Waals surface area contributed by atoms with Crippen molar-refractivity contribution >= 4 is 29.9 Å². The lowest BCUT2D eigenvalue weighted by Gasteiger charge is -2.17. The van der Waals surface area contributed by atoms with Crippen molar-refractivity contribution in [3.8, 4) is 0 Å². The van der Waals surface area contributed by atoms with Gasteiger partial charge >= 0.3 is 24.0 Å². The van der Waals surface area contributed by atoms with Crippen LogP contribution >= 0.6 is 0 Å². The lowest BCUT2D eigenvalue weighted by Crippen LogP contribution is -2.43. The lowest BCUT2D eigenvalue weighted by molar-refractivity contribution is -0.147. The Kier molecular flexibility index (Phi) is 10.5. The van der Waals surface area contributed by atoms with Crippen LogP contribution in [-0.2, 0) is 30.3 Å². The zero-order chi connectivity index (χ0) is 23.4. The van der Waals surface area contributed by atoms with Crippen LogP contribution in [0.2, 0.25) is 0 Å². The summed E-state index contributed by atoms with van der Waals surface area (Å²) in [6, 6.07) is 6.23. The van der Waals surface area contributed by atoms with E-state index in [0.717, 1.165) is 11.1 Å². The van der Waals surface area contributed by atoms with Crippen molar-refractivity contribution in [1.82, 2.24) is 10.6 Å². The van der Waals surface area contributed by atoms with Crippen molar-refractivity contribution in [2.24, 2.45) is 0 Å². The van der Waals surface area contributed by atoms with E-state index < -0.39 is 54.9 Å². The molecule has 11 nitrogen and oxygen atoms in total. The molecule has 0 heterocycles. The lowest BCUT2D eigenvalue weighted by atomic mass is 10.1. The second kappa shape index (κ2) is 12.8. The topological polar surface area (TPSA) is 179 Å². The third-order valence-electron chi connectivity index (χ3n) is 4.25. The molecule has 0 radical (unpaired) electrons. The number of carbonyl (C=O) groups is 5. The van der Waals surface area contributed by atoms with Gasteiger partial charge in [0.25, 0.3) is 0 Å². The first-order valence-corrected chi connectivity index (χ1v) is 9.55. The molecule has 0 spiro atoms. The molecule has 0 fully saturated rings. The average Bonchev–Trinajstić information content (AvgIpc) is 2.69. The van der Waals surface area contributed by atoms with Crippen LogP contribution in [0.15, 0.2) is 24.3 Å². The molecule has 5 N–H and O–H groups in total. The van der Waals surface area contributed by atoms with E-state index in [4.69, 9.17) is 14.9 Å². The van der Waals surface area contributed by atoms with Crippen molar-refractivity contribution in [3.05, 3.63) is 35.4 Å². The van der Waals surface area contributed by atoms with Crippen LogP contribution < -0.4 is 10.6 Å². The molecule has 1 aromatic carbocycles. The number of amides is 2. The number of nitrogens with one attached hydrogen (secondary N) is 2. The Hall–Kier alpha value is -3.63. The Bertz CT molecular complexity index is 792. The molecule has 0 aliphatic rings. The fourth-order valence-corrected chi connectivity index (χ4v) is 2.52. The molecule has 0 saturated heterocycles. The van der Waals surface area contributed by atoms with Gasteiger partial charge < -0.3 is 30.7 Å². The highest BCUT2D eigenvalue weighted by molar-refractivity contribution is 5.83. The first-order chi connectivity index (χ1) is 14.6. The molecule has 0 unspecified atom stereocenters. The normalized spacial score (nSPS) is 12.3. The molecule has 0 saturated carbocycles. The SMILES string of the molecule is Cc1ccc(CCNC(=O)CC[C@H](OC(=O)N[C@@H](CCC(=O)O)C(=O)O)C(=O)O)cc1. The quantitative estimate of drug-likeness (QED) is 0.299. The van der Waals surface area contributed by atoms with Crippen LogP contribution in [0.1, 0.15) is 36.8 Å². The summed E-state index contributed by atoms with van der Waals surface area (Å²) in [6.45, 7) is 2.31. The van der Waals surface area contributed by atoms with E-state index in [1.165, 1.54) is 0 Å². The van der Waals surface area contributed by atoms with Crippen LogP contribution in [0.4, 0.5) is 4.79 Å². The molecule has 1 rings (SSSR count). The van der Waals surface area contributed by atoms with Gasteiger partial charge in [0.05, 0.1) is 0 Å². The summed E-state index contributed by atoms with van der Waals surface area (Å²) in [5.41, 5.74) is 2.15. The highest BCUT2D eigenvalue weighted by Crippen LogP contribution is 2.07. The predicted molar refractivity (Wildman–Crippen MR) is 106 cm³/mol. The number of alkyl carbamates (subject to hydrolysis) is 1. The Morgan fingerprint density at radius 2 is 1.58 bits per heavy atom. The van der Waals surface area contributed by atoms with Gasteiger partial charge in [-0.25, -0.2) is 14.4 Å². The van der Waals surface area contributed by atoms with Gasteiger partial charge in [0.2, 0.25) is 12.0 Å². The number of aliphatic carboxylic acids is 3. The summed E-state index contributed by atoms with van der Waals surface area (Å²) in [7, 11) is 0. The molecule has 2 amide bonds. The van der Waals surface area contributed by atoms with Crippen molar-refractivity contribution in [2.75, 3.05) is 6.54 Å². The first kappa shape index (κ1) is 25.4. The van der Waals surface area contributed by atoms with Crippen molar-refractivity contribution in [3.63, 3.8) is 0 Å². The maximum absolute atomic E-state index is 11.9. The first-order valence-electron chi connectivity index (χ1n) is 9.55. The summed E-state index contributed by atoms with van der Waals surface area (Å²) in [5.74, 6) is -4.66. The number of benzene rings is 1. The maximum atomic E-state index is 11.9. The fraction of sp³-hybridized carbons (Fsp3) is 0.450. The van der Waals surface area contributed by atoms with E-state index in [0.29, 0.717) is 13.0 Å². The van der Waals surface area contributed by atoms with Gasteiger partial charge in [-0.15, -0.1) is 0 Å². The summed E-state index contributed by atoms with van der Waals surface area (Å²) < 4.78 is 4.69. The van der Waals surface area contributed by atoms with Crippen LogP contribution in [0.5, 0.6) is 0 Å². The minimum absolute atomic E-state index is 0.223. The van der Waals surface area contributed by atoms with Crippen LogP contribution in [0, 0.1) is 6.92 Å². The van der Waals surface area contributed by atoms with Crippen LogP contribution in [-0.4, -0.2) is 63.9 Å². The number of hydrogen-bond donors (Lipinski definition) is 5. The largest absolute Gasteiger partial charge is 0.481 e. The minimum Gasteiger partial charge on any atom is -0.481 e. The van der Waals surface area contributed by atoms with Gasteiger partial charge in [-0.05, 0) is 25.3 Å². The molecular weight excluding hydrogens is 412 g/mol. The molecule has 0 bridgehead atoms. The number of carboxylic acid groups (broad SMARTS) is 3. The molecule has 170 valence electrons. The van der Waals surface area contributed by atoms with Gasteiger partial charge in [-0.2, -0.15) is 0 Å². The second-order valence-corrected chi connectivity index (χ2v) is 6.82. The predicted octanol–water partition coefficient (Wildman–Crippen LogP) is 0.931. The molecule has 11 heteroatoms. The maximum Gasteiger partial charge on any atom is 0.408 e. The Morgan fingerprint density at radius 3 is 2.13 bits per heavy atom. The minimum atomic E-state index is -1.67. The molecule has 0 aliphatic heterocycles. The van der Waals surface area contributed by atoms with Gasteiger partial charge in [0.1, 0.15) is 6.04 Å². The molecule has 0 aromatic heterocycles. The van der Waals surface area contributed by atoms with E-state index in [2.05, 4.69) is 5.32 Å². The third-order valence-corrected chi connectivity index (χ3v) is 4.25. The van der Waals surface area contributed by atoms with Gasteiger partial charge in [0.15, 0.2) is 0 Å². The third kappa shape index (κ3) is 10.6. The van der Waals surface area contributed by atoms with E-state index in [1.807, 2.05) is 36.5 Å². The van der Waals surface area contributed by atoms with Crippen molar-refractivity contribution < 1.29 is 44.0 Å². The summed E-state index contributed by atoms with van der Waals surface area (Å²) in [4.78, 5) is 56.6. The van der Waals surface area contributed by atoms with Crippen LogP contribution in [0.25, 0.3) is 0 Å². The number of aryl methyl sites for hydroxylation is 1. The Morgan fingerprint density at radius 1 is 0.935 bits per heavy atom. The molecule has 1 aromatic rings. The van der Waals surface area contributed by atoms with Crippen LogP contribution in [0.3, 0.4) is 0 Å². The number of carboxylic acids is 3. The molecular formula is C20H26N2O9. The summed E-state index contributed by atoms with van der Waals surface area (Å²) in [5, 5.41) is 31.3. The van der Waals surface area contributed by atoms with E-state index >= 15 is 0 Å². The number of hydrogen-bond acceptors (Lipinski definition) is 6. The zero-order valence-electron chi connectivity index (χ0n) is 17.0. The molecule has 0 aliphatic carbocycles. The Labute approximate surface area is 178 Å².